The highest BCUT2D eigenvalue weighted by Crippen LogP contribution is 2.28. The van der Waals surface area contributed by atoms with E-state index in [-0.39, 0.29) is 20.7 Å². The van der Waals surface area contributed by atoms with Crippen molar-refractivity contribution >= 4 is 44.6 Å². The van der Waals surface area contributed by atoms with Crippen molar-refractivity contribution in [2.24, 2.45) is 4.40 Å². The van der Waals surface area contributed by atoms with E-state index in [1.165, 1.54) is 36.4 Å². The zero-order valence-electron chi connectivity index (χ0n) is 13.0. The number of amidine groups is 1. The summed E-state index contributed by atoms with van der Waals surface area (Å²) in [5.74, 6) is -0.525. The standard InChI is InChI=1S/C16H11N3O5S2/c20-15-14(10-11-5-4-6-12(9-11)19(21)22)25-16(17-15)18-26(23,24)13-7-2-1-3-8-13/h1-10H,(H,17,18,20)/b14-10+. The van der Waals surface area contributed by atoms with Crippen LogP contribution >= 0.6 is 11.8 Å². The number of hydrogen-bond acceptors (Lipinski definition) is 6. The second kappa shape index (κ2) is 7.10. The lowest BCUT2D eigenvalue weighted by Gasteiger charge is -1.99. The molecule has 1 heterocycles. The molecule has 26 heavy (non-hydrogen) atoms. The maximum absolute atomic E-state index is 12.2. The van der Waals surface area contributed by atoms with Gasteiger partial charge in [0.05, 0.1) is 14.7 Å². The molecule has 1 N–H and O–H groups in total. The predicted octanol–water partition coefficient (Wildman–Crippen LogP) is 2.54. The molecule has 132 valence electrons. The maximum Gasteiger partial charge on any atom is 0.284 e. The van der Waals surface area contributed by atoms with Crippen LogP contribution in [0.3, 0.4) is 0 Å². The zero-order chi connectivity index (χ0) is 18.7. The average Bonchev–Trinajstić information content (AvgIpc) is 2.94. The van der Waals surface area contributed by atoms with Crippen molar-refractivity contribution in [1.29, 1.82) is 0 Å². The van der Waals surface area contributed by atoms with Gasteiger partial charge in [-0.25, -0.2) is 0 Å². The number of benzene rings is 2. The van der Waals surface area contributed by atoms with Crippen LogP contribution < -0.4 is 5.32 Å². The number of hydrogen-bond donors (Lipinski definition) is 1. The molecule has 0 atom stereocenters. The van der Waals surface area contributed by atoms with E-state index in [1.807, 2.05) is 0 Å². The average molecular weight is 389 g/mol. The molecule has 1 aliphatic rings. The van der Waals surface area contributed by atoms with Gasteiger partial charge in [0.25, 0.3) is 21.6 Å². The number of carbonyl (C=O) groups excluding carboxylic acids is 1. The molecule has 1 amide bonds. The van der Waals surface area contributed by atoms with Gasteiger partial charge in [-0.1, -0.05) is 30.3 Å². The van der Waals surface area contributed by atoms with Gasteiger partial charge in [-0.05, 0) is 35.5 Å². The third-order valence-corrected chi connectivity index (χ3v) is 5.59. The highest BCUT2D eigenvalue weighted by atomic mass is 32.2. The predicted molar refractivity (Wildman–Crippen MR) is 97.9 cm³/mol. The first-order chi connectivity index (χ1) is 12.3. The van der Waals surface area contributed by atoms with E-state index in [2.05, 4.69) is 9.71 Å². The van der Waals surface area contributed by atoms with E-state index in [4.69, 9.17) is 0 Å². The quantitative estimate of drug-likeness (QED) is 0.488. The topological polar surface area (TPSA) is 119 Å². The number of thioether (sulfide) groups is 1. The molecule has 0 bridgehead atoms. The monoisotopic (exact) mass is 389 g/mol. The number of sulfonamides is 1. The fraction of sp³-hybridized carbons (Fsp3) is 0. The molecule has 0 spiro atoms. The van der Waals surface area contributed by atoms with E-state index in [0.717, 1.165) is 11.8 Å². The van der Waals surface area contributed by atoms with Gasteiger partial charge in [0, 0.05) is 12.1 Å². The van der Waals surface area contributed by atoms with Crippen molar-refractivity contribution in [3.05, 3.63) is 75.2 Å². The van der Waals surface area contributed by atoms with Gasteiger partial charge in [-0.3, -0.25) is 20.2 Å². The van der Waals surface area contributed by atoms with E-state index in [0.29, 0.717) is 5.56 Å². The van der Waals surface area contributed by atoms with Gasteiger partial charge < -0.3 is 0 Å². The fourth-order valence-corrected chi connectivity index (χ4v) is 4.11. The molecular weight excluding hydrogens is 378 g/mol. The van der Waals surface area contributed by atoms with Crippen molar-refractivity contribution in [2.45, 2.75) is 4.90 Å². The molecule has 2 aromatic carbocycles. The minimum absolute atomic E-state index is 0.0125. The van der Waals surface area contributed by atoms with E-state index in [1.54, 1.807) is 24.3 Å². The molecule has 10 heteroatoms. The lowest BCUT2D eigenvalue weighted by atomic mass is 10.2. The highest BCUT2D eigenvalue weighted by Gasteiger charge is 2.26. The summed E-state index contributed by atoms with van der Waals surface area (Å²) >= 11 is 0.851. The summed E-state index contributed by atoms with van der Waals surface area (Å²) in [6.45, 7) is 0. The fourth-order valence-electron chi connectivity index (χ4n) is 2.11. The lowest BCUT2D eigenvalue weighted by molar-refractivity contribution is -0.384. The summed E-state index contributed by atoms with van der Waals surface area (Å²) in [5, 5.41) is 13.1. The van der Waals surface area contributed by atoms with Gasteiger partial charge in [0.1, 0.15) is 0 Å². The smallest absolute Gasteiger partial charge is 0.284 e. The van der Waals surface area contributed by atoms with Crippen LogP contribution in [-0.4, -0.2) is 24.4 Å². The Morgan fingerprint density at radius 3 is 2.54 bits per heavy atom. The summed E-state index contributed by atoms with van der Waals surface area (Å²) in [6, 6.07) is 13.4. The highest BCUT2D eigenvalue weighted by molar-refractivity contribution is 8.19. The van der Waals surface area contributed by atoms with Crippen LogP contribution in [0.5, 0.6) is 0 Å². The number of nitro groups is 1. The number of nitrogens with one attached hydrogen (secondary N) is 1. The van der Waals surface area contributed by atoms with E-state index in [9.17, 15) is 23.3 Å². The molecule has 1 aliphatic heterocycles. The molecule has 0 unspecified atom stereocenters. The first-order valence-electron chi connectivity index (χ1n) is 7.20. The molecule has 0 radical (unpaired) electrons. The van der Waals surface area contributed by atoms with Crippen LogP contribution in [-0.2, 0) is 14.8 Å². The Balaban J connectivity index is 1.87. The largest absolute Gasteiger partial charge is 0.300 e. The van der Waals surface area contributed by atoms with Gasteiger partial charge >= 0.3 is 0 Å². The lowest BCUT2D eigenvalue weighted by Crippen LogP contribution is -2.20. The van der Waals surface area contributed by atoms with Crippen molar-refractivity contribution < 1.29 is 18.1 Å². The number of amides is 1. The van der Waals surface area contributed by atoms with Crippen LogP contribution in [0.4, 0.5) is 5.69 Å². The number of nitro benzene ring substituents is 1. The van der Waals surface area contributed by atoms with Crippen LogP contribution in [0.15, 0.2) is 68.8 Å². The molecule has 0 saturated carbocycles. The molecule has 0 aromatic heterocycles. The van der Waals surface area contributed by atoms with Gasteiger partial charge in [-0.15, -0.1) is 4.40 Å². The Bertz CT molecular complexity index is 1050. The Morgan fingerprint density at radius 2 is 1.85 bits per heavy atom. The SMILES string of the molecule is O=C1N/C(=N\S(=O)(=O)c2ccccc2)S/C1=C/c1cccc([N+](=O)[O-])c1. The van der Waals surface area contributed by atoms with E-state index >= 15 is 0 Å². The number of rotatable bonds is 4. The maximum atomic E-state index is 12.2. The third-order valence-electron chi connectivity index (χ3n) is 3.27. The van der Waals surface area contributed by atoms with Crippen molar-refractivity contribution in [3.63, 3.8) is 0 Å². The first kappa shape index (κ1) is 17.8. The van der Waals surface area contributed by atoms with Gasteiger partial charge in [-0.2, -0.15) is 8.42 Å². The minimum atomic E-state index is -3.95. The molecule has 2 aromatic rings. The Hall–Kier alpha value is -2.98. The Morgan fingerprint density at radius 1 is 1.12 bits per heavy atom. The number of non-ortho nitro benzene ring substituents is 1. The zero-order valence-corrected chi connectivity index (χ0v) is 14.7. The molecule has 0 aliphatic carbocycles. The summed E-state index contributed by atoms with van der Waals surface area (Å²) in [6.07, 6.45) is 1.44. The first-order valence-corrected chi connectivity index (χ1v) is 9.46. The number of nitrogens with zero attached hydrogens (tertiary/aromatic N) is 2. The van der Waals surface area contributed by atoms with Gasteiger partial charge in [0.2, 0.25) is 0 Å². The second-order valence-electron chi connectivity index (χ2n) is 5.10. The van der Waals surface area contributed by atoms with Crippen molar-refractivity contribution in [3.8, 4) is 0 Å². The van der Waals surface area contributed by atoms with Crippen molar-refractivity contribution in [1.82, 2.24) is 5.32 Å². The summed E-state index contributed by atoms with van der Waals surface area (Å²) < 4.78 is 28.1. The van der Waals surface area contributed by atoms with Crippen LogP contribution in [0.25, 0.3) is 6.08 Å². The Kier molecular flexibility index (Phi) is 4.87. The number of carbonyl (C=O) groups is 1. The van der Waals surface area contributed by atoms with Crippen LogP contribution in [0, 0.1) is 10.1 Å². The van der Waals surface area contributed by atoms with Crippen LogP contribution in [0.2, 0.25) is 0 Å². The summed E-state index contributed by atoms with van der Waals surface area (Å²) in [5.41, 5.74) is 0.340. The molecule has 8 nitrogen and oxygen atoms in total. The molecular formula is C16H11N3O5S2. The van der Waals surface area contributed by atoms with Crippen molar-refractivity contribution in [2.75, 3.05) is 0 Å². The molecule has 3 rings (SSSR count). The second-order valence-corrected chi connectivity index (χ2v) is 7.74. The molecule has 1 fully saturated rings. The molecule has 1 saturated heterocycles. The Labute approximate surface area is 152 Å². The van der Waals surface area contributed by atoms with E-state index < -0.39 is 20.9 Å². The summed E-state index contributed by atoms with van der Waals surface area (Å²) in [7, 11) is -3.95. The van der Waals surface area contributed by atoms with Crippen LogP contribution in [0.1, 0.15) is 5.56 Å². The normalized spacial score (nSPS) is 17.5. The third kappa shape index (κ3) is 3.98. The van der Waals surface area contributed by atoms with Gasteiger partial charge in [0.15, 0.2) is 5.17 Å². The minimum Gasteiger partial charge on any atom is -0.300 e. The summed E-state index contributed by atoms with van der Waals surface area (Å²) in [4.78, 5) is 22.5.